The topological polar surface area (TPSA) is 29.1 Å². The SMILES string of the molecule is O=C(CC1CCSCC1)Nc1cccc(CCCBr)c1. The summed E-state index contributed by atoms with van der Waals surface area (Å²) in [6.07, 6.45) is 5.21. The predicted molar refractivity (Wildman–Crippen MR) is 91.9 cm³/mol. The molecule has 4 heteroatoms. The van der Waals surface area contributed by atoms with E-state index in [0.29, 0.717) is 12.3 Å². The highest BCUT2D eigenvalue weighted by Crippen LogP contribution is 2.25. The summed E-state index contributed by atoms with van der Waals surface area (Å²) in [6.45, 7) is 0. The lowest BCUT2D eigenvalue weighted by atomic mass is 9.98. The van der Waals surface area contributed by atoms with Gasteiger partial charge in [-0.2, -0.15) is 11.8 Å². The van der Waals surface area contributed by atoms with Crippen LogP contribution in [0, 0.1) is 5.92 Å². The molecule has 1 aliphatic rings. The van der Waals surface area contributed by atoms with Crippen molar-refractivity contribution < 1.29 is 4.79 Å². The second kappa shape index (κ2) is 8.73. The number of aryl methyl sites for hydroxylation is 1. The summed E-state index contributed by atoms with van der Waals surface area (Å²) in [5, 5.41) is 4.07. The minimum atomic E-state index is 0.166. The Kier molecular flexibility index (Phi) is 6.94. The summed E-state index contributed by atoms with van der Waals surface area (Å²) in [5.41, 5.74) is 2.23. The number of rotatable bonds is 6. The first-order chi connectivity index (χ1) is 9.78. The molecule has 0 atom stereocenters. The van der Waals surface area contributed by atoms with Gasteiger partial charge < -0.3 is 5.32 Å². The van der Waals surface area contributed by atoms with Gasteiger partial charge in [0.2, 0.25) is 5.91 Å². The number of halogens is 1. The fraction of sp³-hybridized carbons (Fsp3) is 0.562. The van der Waals surface area contributed by atoms with E-state index in [2.05, 4.69) is 33.4 Å². The lowest BCUT2D eigenvalue weighted by Crippen LogP contribution is -2.19. The molecule has 1 amide bonds. The Balaban J connectivity index is 1.83. The third-order valence-corrected chi connectivity index (χ3v) is 5.23. The van der Waals surface area contributed by atoms with Gasteiger partial charge in [0.15, 0.2) is 0 Å². The zero-order valence-electron chi connectivity index (χ0n) is 11.7. The smallest absolute Gasteiger partial charge is 0.224 e. The molecule has 0 aliphatic carbocycles. The minimum absolute atomic E-state index is 0.166. The molecule has 0 radical (unpaired) electrons. The van der Waals surface area contributed by atoms with Gasteiger partial charge >= 0.3 is 0 Å². The van der Waals surface area contributed by atoms with Crippen molar-refractivity contribution in [2.45, 2.75) is 32.1 Å². The van der Waals surface area contributed by atoms with Gasteiger partial charge in [0.25, 0.3) is 0 Å². The first kappa shape index (κ1) is 15.9. The molecule has 1 aromatic rings. The number of amides is 1. The van der Waals surface area contributed by atoms with Crippen molar-refractivity contribution in [2.75, 3.05) is 22.2 Å². The summed E-state index contributed by atoms with van der Waals surface area (Å²) in [5.74, 6) is 3.16. The van der Waals surface area contributed by atoms with E-state index in [1.54, 1.807) is 0 Å². The van der Waals surface area contributed by atoms with Crippen LogP contribution in [0.5, 0.6) is 0 Å². The van der Waals surface area contributed by atoms with Gasteiger partial charge in [0.05, 0.1) is 0 Å². The summed E-state index contributed by atoms with van der Waals surface area (Å²) in [4.78, 5) is 12.1. The van der Waals surface area contributed by atoms with Gasteiger partial charge in [0, 0.05) is 17.4 Å². The van der Waals surface area contributed by atoms with E-state index in [-0.39, 0.29) is 5.91 Å². The van der Waals surface area contributed by atoms with Crippen molar-refractivity contribution in [3.05, 3.63) is 29.8 Å². The van der Waals surface area contributed by atoms with Crippen LogP contribution in [0.1, 0.15) is 31.2 Å². The number of hydrogen-bond acceptors (Lipinski definition) is 2. The second-order valence-corrected chi connectivity index (χ2v) is 7.32. The predicted octanol–water partition coefficient (Wildman–Crippen LogP) is 4.49. The zero-order valence-corrected chi connectivity index (χ0v) is 14.1. The molecule has 1 heterocycles. The summed E-state index contributed by atoms with van der Waals surface area (Å²) in [7, 11) is 0. The zero-order chi connectivity index (χ0) is 14.2. The first-order valence-electron chi connectivity index (χ1n) is 7.30. The number of benzene rings is 1. The molecule has 1 saturated heterocycles. The van der Waals surface area contributed by atoms with Gasteiger partial charge in [-0.3, -0.25) is 4.79 Å². The molecule has 0 saturated carbocycles. The highest BCUT2D eigenvalue weighted by atomic mass is 79.9. The van der Waals surface area contributed by atoms with Crippen LogP contribution in [0.3, 0.4) is 0 Å². The van der Waals surface area contributed by atoms with Crippen molar-refractivity contribution in [1.82, 2.24) is 0 Å². The third kappa shape index (κ3) is 5.49. The number of carbonyl (C=O) groups excluding carboxylic acids is 1. The van der Waals surface area contributed by atoms with E-state index in [1.807, 2.05) is 23.9 Å². The van der Waals surface area contributed by atoms with E-state index < -0.39 is 0 Å². The highest BCUT2D eigenvalue weighted by molar-refractivity contribution is 9.09. The minimum Gasteiger partial charge on any atom is -0.326 e. The van der Waals surface area contributed by atoms with Crippen LogP contribution in [0.2, 0.25) is 0 Å². The van der Waals surface area contributed by atoms with Crippen LogP contribution in [-0.4, -0.2) is 22.7 Å². The molecule has 20 heavy (non-hydrogen) atoms. The van der Waals surface area contributed by atoms with Crippen LogP contribution < -0.4 is 5.32 Å². The van der Waals surface area contributed by atoms with Crippen LogP contribution in [0.25, 0.3) is 0 Å². The van der Waals surface area contributed by atoms with Gasteiger partial charge in [0.1, 0.15) is 0 Å². The average Bonchev–Trinajstić information content (AvgIpc) is 2.46. The molecule has 0 bridgehead atoms. The van der Waals surface area contributed by atoms with E-state index in [0.717, 1.165) is 23.9 Å². The lowest BCUT2D eigenvalue weighted by molar-refractivity contribution is -0.117. The Hall–Kier alpha value is -0.480. The van der Waals surface area contributed by atoms with Crippen molar-refractivity contribution in [1.29, 1.82) is 0 Å². The second-order valence-electron chi connectivity index (χ2n) is 5.30. The molecule has 1 N–H and O–H groups in total. The Morgan fingerprint density at radius 2 is 2.15 bits per heavy atom. The molecule has 1 aromatic carbocycles. The molecule has 0 spiro atoms. The maximum absolute atomic E-state index is 12.1. The maximum Gasteiger partial charge on any atom is 0.224 e. The molecular formula is C16H22BrNOS. The van der Waals surface area contributed by atoms with Crippen LogP contribution >= 0.6 is 27.7 Å². The number of alkyl halides is 1. The molecule has 1 fully saturated rings. The number of thioether (sulfide) groups is 1. The fourth-order valence-corrected chi connectivity index (χ4v) is 3.98. The molecule has 0 aromatic heterocycles. The first-order valence-corrected chi connectivity index (χ1v) is 9.58. The van der Waals surface area contributed by atoms with E-state index in [9.17, 15) is 4.79 Å². The molecular weight excluding hydrogens is 334 g/mol. The van der Waals surface area contributed by atoms with Crippen molar-refractivity contribution in [3.63, 3.8) is 0 Å². The molecule has 2 rings (SSSR count). The lowest BCUT2D eigenvalue weighted by Gasteiger charge is -2.20. The molecule has 0 unspecified atom stereocenters. The Morgan fingerprint density at radius 1 is 1.35 bits per heavy atom. The number of anilines is 1. The van der Waals surface area contributed by atoms with Gasteiger partial charge in [-0.05, 0) is 60.8 Å². The van der Waals surface area contributed by atoms with Gasteiger partial charge in [-0.15, -0.1) is 0 Å². The Bertz CT molecular complexity index is 432. The van der Waals surface area contributed by atoms with Crippen molar-refractivity contribution in [2.24, 2.45) is 5.92 Å². The summed E-state index contributed by atoms with van der Waals surface area (Å²) < 4.78 is 0. The number of hydrogen-bond donors (Lipinski definition) is 1. The summed E-state index contributed by atoms with van der Waals surface area (Å²) in [6, 6.07) is 8.22. The fourth-order valence-electron chi connectivity index (χ4n) is 2.50. The molecule has 2 nitrogen and oxygen atoms in total. The van der Waals surface area contributed by atoms with Gasteiger partial charge in [-0.1, -0.05) is 28.1 Å². The number of carbonyl (C=O) groups is 1. The Morgan fingerprint density at radius 3 is 2.90 bits per heavy atom. The van der Waals surface area contributed by atoms with Crippen LogP contribution in [0.4, 0.5) is 5.69 Å². The van der Waals surface area contributed by atoms with Crippen LogP contribution in [0.15, 0.2) is 24.3 Å². The standard InChI is InChI=1S/C16H22BrNOS/c17-8-2-4-13-3-1-5-15(11-13)18-16(19)12-14-6-9-20-10-7-14/h1,3,5,11,14H,2,4,6-10,12H2,(H,18,19). The Labute approximate surface area is 134 Å². The van der Waals surface area contributed by atoms with E-state index >= 15 is 0 Å². The molecule has 110 valence electrons. The summed E-state index contributed by atoms with van der Waals surface area (Å²) >= 11 is 5.45. The monoisotopic (exact) mass is 355 g/mol. The van der Waals surface area contributed by atoms with E-state index in [1.165, 1.54) is 29.9 Å². The van der Waals surface area contributed by atoms with Crippen LogP contribution in [-0.2, 0) is 11.2 Å². The quantitative estimate of drug-likeness (QED) is 0.761. The normalized spacial score (nSPS) is 16.1. The average molecular weight is 356 g/mol. The number of nitrogens with one attached hydrogen (secondary N) is 1. The van der Waals surface area contributed by atoms with Crippen molar-refractivity contribution >= 4 is 39.3 Å². The largest absolute Gasteiger partial charge is 0.326 e. The third-order valence-electron chi connectivity index (χ3n) is 3.62. The molecule has 1 aliphatic heterocycles. The van der Waals surface area contributed by atoms with Gasteiger partial charge in [-0.25, -0.2) is 0 Å². The maximum atomic E-state index is 12.1. The van der Waals surface area contributed by atoms with E-state index in [4.69, 9.17) is 0 Å². The highest BCUT2D eigenvalue weighted by Gasteiger charge is 2.17. The van der Waals surface area contributed by atoms with Crippen molar-refractivity contribution in [3.8, 4) is 0 Å².